The van der Waals surface area contributed by atoms with Gasteiger partial charge in [0.25, 0.3) is 5.91 Å². The van der Waals surface area contributed by atoms with Crippen LogP contribution in [0.3, 0.4) is 0 Å². The molecule has 0 saturated heterocycles. The summed E-state index contributed by atoms with van der Waals surface area (Å²) < 4.78 is 13.1. The van der Waals surface area contributed by atoms with Gasteiger partial charge in [-0.3, -0.25) is 9.59 Å². The van der Waals surface area contributed by atoms with E-state index in [1.54, 1.807) is 12.1 Å². The molecule has 1 amide bonds. The lowest BCUT2D eigenvalue weighted by molar-refractivity contribution is 0.0950. The molecule has 0 unspecified atom stereocenters. The molecule has 1 fully saturated rings. The molecule has 1 aliphatic carbocycles. The minimum atomic E-state index is -0.368. The first-order valence-corrected chi connectivity index (χ1v) is 9.33. The van der Waals surface area contributed by atoms with Gasteiger partial charge in [-0.25, -0.2) is 4.39 Å². The fourth-order valence-electron chi connectivity index (χ4n) is 3.14. The number of amides is 1. The summed E-state index contributed by atoms with van der Waals surface area (Å²) in [5.74, 6) is -0.569. The summed E-state index contributed by atoms with van der Waals surface area (Å²) in [7, 11) is 0. The molecular formula is C24H20FNO2. The highest BCUT2D eigenvalue weighted by atomic mass is 19.1. The minimum Gasteiger partial charge on any atom is -0.349 e. The van der Waals surface area contributed by atoms with Crippen LogP contribution in [0, 0.1) is 12.7 Å². The van der Waals surface area contributed by atoms with Crippen LogP contribution in [-0.2, 0) is 0 Å². The molecule has 28 heavy (non-hydrogen) atoms. The summed E-state index contributed by atoms with van der Waals surface area (Å²) in [4.78, 5) is 24.9. The predicted molar refractivity (Wildman–Crippen MR) is 107 cm³/mol. The highest BCUT2D eigenvalue weighted by molar-refractivity contribution is 6.09. The quantitative estimate of drug-likeness (QED) is 0.645. The van der Waals surface area contributed by atoms with Crippen molar-refractivity contribution in [1.82, 2.24) is 5.32 Å². The van der Waals surface area contributed by atoms with E-state index in [0.717, 1.165) is 29.5 Å². The van der Waals surface area contributed by atoms with Gasteiger partial charge in [-0.05, 0) is 72.9 Å². The van der Waals surface area contributed by atoms with Crippen molar-refractivity contribution in [2.24, 2.45) is 0 Å². The van der Waals surface area contributed by atoms with E-state index in [0.29, 0.717) is 22.7 Å². The Hall–Kier alpha value is -3.27. The Bertz CT molecular complexity index is 1040. The summed E-state index contributed by atoms with van der Waals surface area (Å²) in [5.41, 5.74) is 4.58. The van der Waals surface area contributed by atoms with Crippen molar-refractivity contribution in [2.75, 3.05) is 0 Å². The molecule has 0 spiro atoms. The number of aryl methyl sites for hydroxylation is 1. The van der Waals surface area contributed by atoms with Crippen molar-refractivity contribution < 1.29 is 14.0 Å². The fourth-order valence-corrected chi connectivity index (χ4v) is 3.14. The molecule has 0 heterocycles. The van der Waals surface area contributed by atoms with Crippen LogP contribution in [0.1, 0.15) is 44.7 Å². The zero-order valence-electron chi connectivity index (χ0n) is 15.5. The first kappa shape index (κ1) is 18.1. The molecule has 140 valence electrons. The van der Waals surface area contributed by atoms with Gasteiger partial charge in [0.1, 0.15) is 5.82 Å². The van der Waals surface area contributed by atoms with Crippen molar-refractivity contribution in [1.29, 1.82) is 0 Å². The van der Waals surface area contributed by atoms with E-state index < -0.39 is 0 Å². The maximum Gasteiger partial charge on any atom is 0.251 e. The molecule has 4 rings (SSSR count). The van der Waals surface area contributed by atoms with Crippen LogP contribution in [0.2, 0.25) is 0 Å². The van der Waals surface area contributed by atoms with Gasteiger partial charge in [-0.1, -0.05) is 30.3 Å². The molecular weight excluding hydrogens is 353 g/mol. The van der Waals surface area contributed by atoms with Crippen LogP contribution in [0.5, 0.6) is 0 Å². The highest BCUT2D eigenvalue weighted by Crippen LogP contribution is 2.26. The highest BCUT2D eigenvalue weighted by Gasteiger charge is 2.24. The molecule has 3 nitrogen and oxygen atoms in total. The number of carbonyl (C=O) groups excluding carboxylic acids is 2. The molecule has 0 atom stereocenters. The Balaban J connectivity index is 1.58. The number of benzene rings is 3. The molecule has 1 aliphatic rings. The molecule has 1 N–H and O–H groups in total. The molecule has 3 aromatic carbocycles. The van der Waals surface area contributed by atoms with E-state index in [2.05, 4.69) is 5.32 Å². The maximum atomic E-state index is 13.1. The molecule has 3 aromatic rings. The minimum absolute atomic E-state index is 0.0492. The van der Waals surface area contributed by atoms with Crippen molar-refractivity contribution >= 4 is 11.7 Å². The van der Waals surface area contributed by atoms with Gasteiger partial charge < -0.3 is 5.32 Å². The summed E-state index contributed by atoms with van der Waals surface area (Å²) in [6.45, 7) is 2.00. The Morgan fingerprint density at radius 3 is 2.04 bits per heavy atom. The summed E-state index contributed by atoms with van der Waals surface area (Å²) in [5, 5.41) is 3.00. The average molecular weight is 373 g/mol. The standard InChI is InChI=1S/C24H20FNO2/c1-15-2-3-19(24(28)26-21-12-13-21)14-22(15)16-4-6-17(7-5-16)23(27)18-8-10-20(25)11-9-18/h2-11,14,21H,12-13H2,1H3,(H,26,28). The SMILES string of the molecule is Cc1ccc(C(=O)NC2CC2)cc1-c1ccc(C(=O)c2ccc(F)cc2)cc1. The number of hydrogen-bond acceptors (Lipinski definition) is 2. The Kier molecular flexibility index (Phi) is 4.78. The van der Waals surface area contributed by atoms with Gasteiger partial charge in [0.05, 0.1) is 0 Å². The zero-order valence-corrected chi connectivity index (χ0v) is 15.5. The second-order valence-electron chi connectivity index (χ2n) is 7.19. The Morgan fingerprint density at radius 1 is 0.857 bits per heavy atom. The van der Waals surface area contributed by atoms with Crippen LogP contribution >= 0.6 is 0 Å². The van der Waals surface area contributed by atoms with Crippen LogP contribution < -0.4 is 5.32 Å². The number of rotatable bonds is 5. The van der Waals surface area contributed by atoms with Gasteiger partial charge in [0, 0.05) is 22.7 Å². The average Bonchev–Trinajstić information content (AvgIpc) is 3.52. The van der Waals surface area contributed by atoms with E-state index in [1.807, 2.05) is 37.3 Å². The monoisotopic (exact) mass is 373 g/mol. The Labute approximate surface area is 163 Å². The lowest BCUT2D eigenvalue weighted by Crippen LogP contribution is -2.25. The van der Waals surface area contributed by atoms with Gasteiger partial charge >= 0.3 is 0 Å². The molecule has 0 bridgehead atoms. The number of ketones is 1. The zero-order chi connectivity index (χ0) is 19.7. The van der Waals surface area contributed by atoms with Crippen LogP contribution in [0.25, 0.3) is 11.1 Å². The molecule has 4 heteroatoms. The van der Waals surface area contributed by atoms with Crippen LogP contribution in [0.15, 0.2) is 66.7 Å². The lowest BCUT2D eigenvalue weighted by Gasteiger charge is -2.10. The summed E-state index contributed by atoms with van der Waals surface area (Å²) in [6, 6.07) is 18.8. The largest absolute Gasteiger partial charge is 0.349 e. The van der Waals surface area contributed by atoms with Crippen molar-refractivity contribution in [3.05, 3.63) is 94.8 Å². The van der Waals surface area contributed by atoms with Crippen molar-refractivity contribution in [3.63, 3.8) is 0 Å². The van der Waals surface area contributed by atoms with Crippen LogP contribution in [0.4, 0.5) is 4.39 Å². The predicted octanol–water partition coefficient (Wildman–Crippen LogP) is 4.92. The molecule has 0 radical (unpaired) electrons. The van der Waals surface area contributed by atoms with E-state index in [9.17, 15) is 14.0 Å². The second-order valence-corrected chi connectivity index (χ2v) is 7.19. The number of halogens is 1. The van der Waals surface area contributed by atoms with E-state index in [1.165, 1.54) is 24.3 Å². The number of carbonyl (C=O) groups is 2. The molecule has 0 aromatic heterocycles. The van der Waals surface area contributed by atoms with Crippen molar-refractivity contribution in [3.8, 4) is 11.1 Å². The van der Waals surface area contributed by atoms with Gasteiger partial charge in [-0.15, -0.1) is 0 Å². The molecule has 0 aliphatic heterocycles. The first-order valence-electron chi connectivity index (χ1n) is 9.33. The normalized spacial score (nSPS) is 13.2. The second kappa shape index (κ2) is 7.39. The first-order chi connectivity index (χ1) is 13.5. The van der Waals surface area contributed by atoms with Gasteiger partial charge in [0.2, 0.25) is 0 Å². The third kappa shape index (κ3) is 3.86. The van der Waals surface area contributed by atoms with Crippen LogP contribution in [-0.4, -0.2) is 17.7 Å². The van der Waals surface area contributed by atoms with E-state index in [-0.39, 0.29) is 17.5 Å². The number of hydrogen-bond donors (Lipinski definition) is 1. The smallest absolute Gasteiger partial charge is 0.251 e. The van der Waals surface area contributed by atoms with Gasteiger partial charge in [0.15, 0.2) is 5.78 Å². The van der Waals surface area contributed by atoms with E-state index >= 15 is 0 Å². The summed E-state index contributed by atoms with van der Waals surface area (Å²) in [6.07, 6.45) is 2.10. The third-order valence-corrected chi connectivity index (χ3v) is 4.98. The lowest BCUT2D eigenvalue weighted by atomic mass is 9.95. The summed E-state index contributed by atoms with van der Waals surface area (Å²) >= 11 is 0. The number of nitrogens with one attached hydrogen (secondary N) is 1. The fraction of sp³-hybridized carbons (Fsp3) is 0.167. The van der Waals surface area contributed by atoms with Gasteiger partial charge in [-0.2, -0.15) is 0 Å². The third-order valence-electron chi connectivity index (χ3n) is 4.98. The molecule has 1 saturated carbocycles. The Morgan fingerprint density at radius 2 is 1.43 bits per heavy atom. The van der Waals surface area contributed by atoms with E-state index in [4.69, 9.17) is 0 Å². The maximum absolute atomic E-state index is 13.1. The topological polar surface area (TPSA) is 46.2 Å². The van der Waals surface area contributed by atoms with Crippen molar-refractivity contribution in [2.45, 2.75) is 25.8 Å².